The quantitative estimate of drug-likeness (QED) is 0.125. The fraction of sp³-hybridized carbons (Fsp3) is 0.417. The van der Waals surface area contributed by atoms with Crippen LogP contribution in [0, 0.1) is 12.7 Å². The number of rotatable bonds is 15. The van der Waals surface area contributed by atoms with Crippen molar-refractivity contribution >= 4 is 23.4 Å². The number of benzene rings is 2. The summed E-state index contributed by atoms with van der Waals surface area (Å²) in [5.41, 5.74) is 8.10. The third kappa shape index (κ3) is 8.60. The number of H-pyrrole nitrogens is 1. The summed E-state index contributed by atoms with van der Waals surface area (Å²) in [5, 5.41) is 6.49. The average molecular weight is 574 g/mol. The number of allylic oxidation sites excluding steroid dienone is 2. The highest BCUT2D eigenvalue weighted by molar-refractivity contribution is 6.06. The number of aromatic nitrogens is 1. The molecule has 1 aromatic heterocycles. The van der Waals surface area contributed by atoms with Gasteiger partial charge in [0.2, 0.25) is 0 Å². The van der Waals surface area contributed by atoms with Crippen LogP contribution >= 0.6 is 0 Å². The zero-order chi connectivity index (χ0) is 30.6. The smallest absolute Gasteiger partial charge is 0.255 e. The van der Waals surface area contributed by atoms with Crippen molar-refractivity contribution in [2.75, 3.05) is 17.7 Å². The van der Waals surface area contributed by atoms with Gasteiger partial charge in [-0.15, -0.1) is 0 Å². The van der Waals surface area contributed by atoms with Crippen LogP contribution in [0.1, 0.15) is 112 Å². The number of aromatic amines is 1. The Balaban J connectivity index is 1.82. The average Bonchev–Trinajstić information content (AvgIpc) is 3.28. The van der Waals surface area contributed by atoms with Crippen molar-refractivity contribution in [2.24, 2.45) is 0 Å². The molecule has 6 heteroatoms. The van der Waals surface area contributed by atoms with E-state index in [9.17, 15) is 9.18 Å². The normalized spacial score (nSPS) is 11.9. The minimum atomic E-state index is -0.427. The molecule has 0 radical (unpaired) electrons. The molecule has 42 heavy (non-hydrogen) atoms. The number of aryl methyl sites for hydroxylation is 2. The predicted octanol–water partition coefficient (Wildman–Crippen LogP) is 10.2. The van der Waals surface area contributed by atoms with Gasteiger partial charge in [0.25, 0.3) is 5.91 Å². The Morgan fingerprint density at radius 2 is 1.74 bits per heavy atom. The van der Waals surface area contributed by atoms with Crippen LogP contribution in [0.25, 0.3) is 6.08 Å². The summed E-state index contributed by atoms with van der Waals surface area (Å²) in [4.78, 5) is 16.9. The molecule has 3 N–H and O–H groups in total. The molecule has 1 amide bonds. The molecule has 0 spiro atoms. The van der Waals surface area contributed by atoms with Gasteiger partial charge in [-0.25, -0.2) is 4.39 Å². The van der Waals surface area contributed by atoms with Crippen LogP contribution in [-0.2, 0) is 6.42 Å². The molecule has 3 rings (SSSR count). The van der Waals surface area contributed by atoms with Gasteiger partial charge in [-0.3, -0.25) is 4.79 Å². The van der Waals surface area contributed by atoms with Gasteiger partial charge in [0.15, 0.2) is 11.6 Å². The lowest BCUT2D eigenvalue weighted by Crippen LogP contribution is -2.13. The fourth-order valence-electron chi connectivity index (χ4n) is 5.28. The first-order valence-electron chi connectivity index (χ1n) is 15.3. The SMILES string of the molecule is CCCCCC(CCC)c1ccc(C(=O)Nc2c(CC)[nH]c(C)c2/C=C\C(Nc2ccc(OC)c(F)c2)=C(C)C)cc1. The van der Waals surface area contributed by atoms with E-state index >= 15 is 0 Å². The monoisotopic (exact) mass is 573 g/mol. The topological polar surface area (TPSA) is 66.2 Å². The lowest BCUT2D eigenvalue weighted by molar-refractivity contribution is 0.102. The molecule has 0 fully saturated rings. The highest BCUT2D eigenvalue weighted by Crippen LogP contribution is 2.30. The van der Waals surface area contributed by atoms with Crippen LogP contribution in [0.5, 0.6) is 5.75 Å². The van der Waals surface area contributed by atoms with Gasteiger partial charge in [0.05, 0.1) is 12.8 Å². The predicted molar refractivity (Wildman–Crippen MR) is 175 cm³/mol. The molecule has 3 aromatic rings. The Kier molecular flexibility index (Phi) is 12.5. The molecule has 5 nitrogen and oxygen atoms in total. The number of carbonyl (C=O) groups excluding carboxylic acids is 1. The second-order valence-electron chi connectivity index (χ2n) is 11.1. The van der Waals surface area contributed by atoms with Crippen molar-refractivity contribution in [2.45, 2.75) is 92.4 Å². The molecule has 1 atom stereocenters. The summed E-state index contributed by atoms with van der Waals surface area (Å²) in [6.45, 7) is 12.5. The minimum absolute atomic E-state index is 0.128. The van der Waals surface area contributed by atoms with Crippen molar-refractivity contribution in [1.29, 1.82) is 0 Å². The number of methoxy groups -OCH3 is 1. The van der Waals surface area contributed by atoms with E-state index in [0.717, 1.165) is 46.8 Å². The standard InChI is InChI=1S/C36H48FN3O2/c1-8-11-12-14-26(13-9-2)27-15-17-28(18-16-27)36(41)40-35-30(25(6)38-32(35)10-3)20-21-33(24(4)5)39-29-19-22-34(42-7)31(37)23-29/h15-23,26,38-39H,8-14H2,1-7H3,(H,40,41)/b21-20-. The first-order valence-corrected chi connectivity index (χ1v) is 15.3. The Morgan fingerprint density at radius 1 is 1.00 bits per heavy atom. The highest BCUT2D eigenvalue weighted by atomic mass is 19.1. The Labute approximate surface area is 251 Å². The molecule has 1 unspecified atom stereocenters. The first-order chi connectivity index (χ1) is 20.2. The number of amides is 1. The van der Waals surface area contributed by atoms with E-state index in [-0.39, 0.29) is 11.7 Å². The zero-order valence-corrected chi connectivity index (χ0v) is 26.4. The van der Waals surface area contributed by atoms with Crippen molar-refractivity contribution in [3.05, 3.63) is 93.7 Å². The number of anilines is 2. The van der Waals surface area contributed by atoms with E-state index in [1.165, 1.54) is 50.8 Å². The molecule has 2 aromatic carbocycles. The van der Waals surface area contributed by atoms with E-state index in [0.29, 0.717) is 17.2 Å². The van der Waals surface area contributed by atoms with Gasteiger partial charge in [-0.05, 0) is 87.9 Å². The summed E-state index contributed by atoms with van der Waals surface area (Å²) in [7, 11) is 1.45. The first kappa shape index (κ1) is 32.7. The van der Waals surface area contributed by atoms with Crippen molar-refractivity contribution in [3.63, 3.8) is 0 Å². The molecule has 0 saturated carbocycles. The molecule has 1 heterocycles. The summed E-state index contributed by atoms with van der Waals surface area (Å²) in [6, 6.07) is 12.9. The fourth-order valence-corrected chi connectivity index (χ4v) is 5.28. The van der Waals surface area contributed by atoms with Gasteiger partial charge in [0, 0.05) is 40.0 Å². The van der Waals surface area contributed by atoms with Crippen LogP contribution in [0.3, 0.4) is 0 Å². The third-order valence-electron chi connectivity index (χ3n) is 7.73. The highest BCUT2D eigenvalue weighted by Gasteiger charge is 2.17. The number of unbranched alkanes of at least 4 members (excludes halogenated alkanes) is 2. The molecular formula is C36H48FN3O2. The number of ether oxygens (including phenoxy) is 1. The molecule has 226 valence electrons. The maximum atomic E-state index is 14.3. The molecule has 0 aliphatic heterocycles. The molecule has 0 aliphatic carbocycles. The van der Waals surface area contributed by atoms with Crippen molar-refractivity contribution in [1.82, 2.24) is 4.98 Å². The Bertz CT molecular complexity index is 1380. The maximum absolute atomic E-state index is 14.3. The molecule has 0 aliphatic rings. The van der Waals surface area contributed by atoms with Crippen LogP contribution in [0.2, 0.25) is 0 Å². The van der Waals surface area contributed by atoms with Crippen LogP contribution in [-0.4, -0.2) is 18.0 Å². The number of hydrogen-bond acceptors (Lipinski definition) is 3. The van der Waals surface area contributed by atoms with E-state index in [4.69, 9.17) is 4.74 Å². The van der Waals surface area contributed by atoms with Crippen LogP contribution < -0.4 is 15.4 Å². The van der Waals surface area contributed by atoms with Crippen molar-refractivity contribution in [3.8, 4) is 5.75 Å². The third-order valence-corrected chi connectivity index (χ3v) is 7.73. The Hall–Kier alpha value is -3.80. The van der Waals surface area contributed by atoms with Gasteiger partial charge < -0.3 is 20.4 Å². The summed E-state index contributed by atoms with van der Waals surface area (Å²) in [5.74, 6) is 0.190. The van der Waals surface area contributed by atoms with E-state index in [1.807, 2.05) is 45.1 Å². The number of halogens is 1. The van der Waals surface area contributed by atoms with Crippen molar-refractivity contribution < 1.29 is 13.9 Å². The van der Waals surface area contributed by atoms with E-state index in [1.54, 1.807) is 12.1 Å². The number of nitrogens with one attached hydrogen (secondary N) is 3. The lowest BCUT2D eigenvalue weighted by Gasteiger charge is -2.17. The summed E-state index contributed by atoms with van der Waals surface area (Å²) >= 11 is 0. The number of carbonyl (C=O) groups is 1. The van der Waals surface area contributed by atoms with Crippen LogP contribution in [0.15, 0.2) is 59.8 Å². The molecule has 0 saturated heterocycles. The lowest BCUT2D eigenvalue weighted by atomic mass is 9.89. The second kappa shape index (κ2) is 16.0. The van der Waals surface area contributed by atoms with E-state index < -0.39 is 5.82 Å². The van der Waals surface area contributed by atoms with E-state index in [2.05, 4.69) is 48.5 Å². The summed E-state index contributed by atoms with van der Waals surface area (Å²) < 4.78 is 19.3. The molecular weight excluding hydrogens is 525 g/mol. The molecule has 0 bridgehead atoms. The largest absolute Gasteiger partial charge is 0.494 e. The minimum Gasteiger partial charge on any atom is -0.494 e. The maximum Gasteiger partial charge on any atom is 0.255 e. The Morgan fingerprint density at radius 3 is 2.33 bits per heavy atom. The van der Waals surface area contributed by atoms with Gasteiger partial charge in [0.1, 0.15) is 0 Å². The van der Waals surface area contributed by atoms with Crippen LogP contribution in [0.4, 0.5) is 15.8 Å². The van der Waals surface area contributed by atoms with Gasteiger partial charge >= 0.3 is 0 Å². The van der Waals surface area contributed by atoms with Gasteiger partial charge in [-0.1, -0.05) is 64.2 Å². The second-order valence-corrected chi connectivity index (χ2v) is 11.1. The van der Waals surface area contributed by atoms with Gasteiger partial charge in [-0.2, -0.15) is 0 Å². The zero-order valence-electron chi connectivity index (χ0n) is 26.4. The summed E-state index contributed by atoms with van der Waals surface area (Å²) in [6.07, 6.45) is 12.0. The number of hydrogen-bond donors (Lipinski definition) is 3.